The first-order chi connectivity index (χ1) is 36.7. The number of furan rings is 1. The Morgan fingerprint density at radius 2 is 1.03 bits per heavy atom. The summed E-state index contributed by atoms with van der Waals surface area (Å²) in [6.45, 7) is -0.345. The molecule has 13 aromatic rings. The Kier molecular flexibility index (Phi) is 8.27. The van der Waals surface area contributed by atoms with Gasteiger partial charge >= 0.3 is 0 Å². The monoisotopic (exact) mass is 960 g/mol. The second-order valence-corrected chi connectivity index (χ2v) is 20.9. The Morgan fingerprint density at radius 1 is 0.365 bits per heavy atom. The average molecular weight is 961 g/mol. The van der Waals surface area contributed by atoms with Gasteiger partial charge < -0.3 is 23.7 Å². The summed E-state index contributed by atoms with van der Waals surface area (Å²) in [4.78, 5) is 5.05. The van der Waals surface area contributed by atoms with E-state index in [2.05, 4.69) is 240 Å². The molecule has 4 aliphatic rings. The van der Waals surface area contributed by atoms with E-state index in [0.29, 0.717) is 0 Å². The van der Waals surface area contributed by atoms with Crippen molar-refractivity contribution in [3.05, 3.63) is 231 Å². The third-order valence-corrected chi connectivity index (χ3v) is 17.1. The summed E-state index contributed by atoms with van der Waals surface area (Å²) >= 11 is 1.79. The third-order valence-electron chi connectivity index (χ3n) is 15.9. The SMILES string of the molecule is c1ccc(-c2cccc(-c3ccccc3)c2N2c3cc4c(cc3B3c5ccccc5N(c5ccccc5)c5c3c2cc2oc3ccccc3c52)B2c3ccccc3Oc3c2c(cc2sc5ccccc5c32)O4)cc1. The van der Waals surface area contributed by atoms with E-state index in [1.807, 2.05) is 0 Å². The lowest BCUT2D eigenvalue weighted by atomic mass is 9.30. The number of rotatable bonds is 4. The lowest BCUT2D eigenvalue weighted by Gasteiger charge is -2.45. The zero-order valence-electron chi connectivity index (χ0n) is 39.6. The maximum Gasteiger partial charge on any atom is 0.260 e. The predicted molar refractivity (Wildman–Crippen MR) is 309 cm³/mol. The van der Waals surface area contributed by atoms with Crippen LogP contribution in [0.15, 0.2) is 235 Å². The number of anilines is 6. The molecule has 6 heterocycles. The second-order valence-electron chi connectivity index (χ2n) is 19.8. The highest BCUT2D eigenvalue weighted by molar-refractivity contribution is 7.26. The number of thiophene rings is 1. The fourth-order valence-electron chi connectivity index (χ4n) is 13.0. The highest BCUT2D eigenvalue weighted by Gasteiger charge is 2.49. The maximum absolute atomic E-state index is 7.45. The minimum absolute atomic E-state index is 0.159. The lowest BCUT2D eigenvalue weighted by molar-refractivity contribution is 0.469. The van der Waals surface area contributed by atoms with Crippen molar-refractivity contribution in [3.63, 3.8) is 0 Å². The average Bonchev–Trinajstić information content (AvgIpc) is 4.14. The van der Waals surface area contributed by atoms with Crippen molar-refractivity contribution in [2.75, 3.05) is 9.80 Å². The van der Waals surface area contributed by atoms with E-state index >= 15 is 0 Å². The second kappa shape index (κ2) is 15.2. The number of nitrogens with zero attached hydrogens (tertiary/aromatic N) is 2. The maximum atomic E-state index is 7.45. The highest BCUT2D eigenvalue weighted by atomic mass is 32.1. The van der Waals surface area contributed by atoms with Crippen LogP contribution in [0.2, 0.25) is 0 Å². The van der Waals surface area contributed by atoms with Gasteiger partial charge in [-0.1, -0.05) is 176 Å². The van der Waals surface area contributed by atoms with E-state index in [0.717, 1.165) is 128 Å². The Morgan fingerprint density at radius 3 is 1.82 bits per heavy atom. The van der Waals surface area contributed by atoms with Crippen LogP contribution in [0.4, 0.5) is 34.1 Å². The van der Waals surface area contributed by atoms with Gasteiger partial charge in [-0.2, -0.15) is 0 Å². The molecule has 0 radical (unpaired) electrons. The Hall–Kier alpha value is -9.23. The topological polar surface area (TPSA) is 38.1 Å². The van der Waals surface area contributed by atoms with Crippen molar-refractivity contribution in [1.29, 1.82) is 0 Å². The van der Waals surface area contributed by atoms with Gasteiger partial charge in [0.1, 0.15) is 34.2 Å². The van der Waals surface area contributed by atoms with Crippen LogP contribution >= 0.6 is 11.3 Å². The fraction of sp³-hybridized carbons (Fsp3) is 0. The Bertz CT molecular complexity index is 4480. The summed E-state index contributed by atoms with van der Waals surface area (Å²) in [5.41, 5.74) is 19.7. The van der Waals surface area contributed by atoms with E-state index in [1.165, 1.54) is 26.5 Å². The molecule has 4 aliphatic heterocycles. The van der Waals surface area contributed by atoms with E-state index < -0.39 is 0 Å². The van der Waals surface area contributed by atoms with E-state index in [1.54, 1.807) is 11.3 Å². The number of fused-ring (bicyclic) bond motifs is 16. The van der Waals surface area contributed by atoms with Crippen LogP contribution in [0, 0.1) is 0 Å². The molecule has 0 bridgehead atoms. The molecular formula is C66H38B2N2O3S. The van der Waals surface area contributed by atoms with Crippen LogP contribution in [-0.2, 0) is 0 Å². The normalized spacial score (nSPS) is 13.5. The van der Waals surface area contributed by atoms with Crippen LogP contribution in [0.3, 0.4) is 0 Å². The minimum atomic E-state index is -0.186. The quantitative estimate of drug-likeness (QED) is 0.164. The standard InChI is InChI=1S/C66H38B2N2O3S/c1-4-19-39(20-5-1)42-27-18-28-43(40-21-6-2-7-22-40)64(42)70-51-36-55-49(68-47-30-13-16-33-54(47)73-66-61-45-26-11-17-34-58(45)74-59(61)38-57(72-55)63(66)68)35-48(51)67-46-29-12-14-31-50(46)69(41-23-8-3-9-24-41)65-60-44-25-10-15-32-53(44)71-56(60)37-52(70)62(65)67/h1-38H. The molecule has 0 saturated heterocycles. The first-order valence-corrected chi connectivity index (χ1v) is 26.1. The third kappa shape index (κ3) is 5.50. The summed E-state index contributed by atoms with van der Waals surface area (Å²) < 4.78 is 24.0. The molecule has 2 aromatic heterocycles. The summed E-state index contributed by atoms with van der Waals surface area (Å²) in [6.07, 6.45) is 0. The van der Waals surface area contributed by atoms with Crippen LogP contribution in [0.25, 0.3) is 64.4 Å². The highest BCUT2D eigenvalue weighted by Crippen LogP contribution is 2.54. The van der Waals surface area contributed by atoms with Crippen LogP contribution in [0.1, 0.15) is 0 Å². The van der Waals surface area contributed by atoms with Crippen molar-refractivity contribution in [3.8, 4) is 45.3 Å². The molecule has 74 heavy (non-hydrogen) atoms. The predicted octanol–water partition coefficient (Wildman–Crippen LogP) is 14.1. The van der Waals surface area contributed by atoms with Crippen molar-refractivity contribution in [2.45, 2.75) is 0 Å². The van der Waals surface area contributed by atoms with Crippen LogP contribution in [-0.4, -0.2) is 13.4 Å². The van der Waals surface area contributed by atoms with E-state index in [4.69, 9.17) is 13.9 Å². The van der Waals surface area contributed by atoms with E-state index in [-0.39, 0.29) is 13.4 Å². The van der Waals surface area contributed by atoms with Gasteiger partial charge in [0.15, 0.2) is 0 Å². The molecule has 0 atom stereocenters. The molecule has 5 nitrogen and oxygen atoms in total. The Balaban J connectivity index is 1.04. The molecule has 8 heteroatoms. The van der Waals surface area contributed by atoms with Gasteiger partial charge in [0, 0.05) is 77.0 Å². The molecule has 0 spiro atoms. The summed E-state index contributed by atoms with van der Waals surface area (Å²) in [6, 6.07) is 83.6. The van der Waals surface area contributed by atoms with E-state index in [9.17, 15) is 0 Å². The lowest BCUT2D eigenvalue weighted by Crippen LogP contribution is -2.64. The molecule has 0 amide bonds. The van der Waals surface area contributed by atoms with Gasteiger partial charge in [0.25, 0.3) is 13.4 Å². The van der Waals surface area contributed by atoms with Crippen molar-refractivity contribution in [2.24, 2.45) is 0 Å². The number of para-hydroxylation sites is 5. The summed E-state index contributed by atoms with van der Waals surface area (Å²) in [5.74, 6) is 3.42. The number of hydrogen-bond acceptors (Lipinski definition) is 6. The van der Waals surface area contributed by atoms with Gasteiger partial charge in [-0.25, -0.2) is 0 Å². The number of ether oxygens (including phenoxy) is 2. The Labute approximate surface area is 430 Å². The molecule has 0 saturated carbocycles. The van der Waals surface area contributed by atoms with Gasteiger partial charge in [-0.15, -0.1) is 11.3 Å². The first-order valence-electron chi connectivity index (χ1n) is 25.3. The van der Waals surface area contributed by atoms with Crippen molar-refractivity contribution < 1.29 is 13.9 Å². The van der Waals surface area contributed by atoms with Crippen LogP contribution < -0.4 is 52.1 Å². The molecule has 11 aromatic carbocycles. The fourth-order valence-corrected chi connectivity index (χ4v) is 14.1. The minimum Gasteiger partial charge on any atom is -0.458 e. The zero-order chi connectivity index (χ0) is 48.2. The van der Waals surface area contributed by atoms with Crippen molar-refractivity contribution >= 4 is 134 Å². The van der Waals surface area contributed by atoms with Gasteiger partial charge in [-0.05, 0) is 80.9 Å². The molecule has 0 aliphatic carbocycles. The first kappa shape index (κ1) is 40.4. The molecule has 342 valence electrons. The summed E-state index contributed by atoms with van der Waals surface area (Å²) in [5, 5.41) is 4.52. The van der Waals surface area contributed by atoms with Gasteiger partial charge in [0.2, 0.25) is 0 Å². The molecule has 17 rings (SSSR count). The van der Waals surface area contributed by atoms with Gasteiger partial charge in [0.05, 0.1) is 16.8 Å². The zero-order valence-corrected chi connectivity index (χ0v) is 40.4. The van der Waals surface area contributed by atoms with Crippen LogP contribution in [0.5, 0.6) is 23.0 Å². The number of benzene rings is 11. The molecule has 0 unspecified atom stereocenters. The smallest absolute Gasteiger partial charge is 0.260 e. The molecule has 0 fully saturated rings. The molecule has 0 N–H and O–H groups in total. The number of hydrogen-bond donors (Lipinski definition) is 0. The largest absolute Gasteiger partial charge is 0.458 e. The van der Waals surface area contributed by atoms with Crippen molar-refractivity contribution in [1.82, 2.24) is 0 Å². The van der Waals surface area contributed by atoms with Gasteiger partial charge in [-0.3, -0.25) is 0 Å². The molecular weight excluding hydrogens is 922 g/mol. The summed E-state index contributed by atoms with van der Waals surface area (Å²) in [7, 11) is 0.